The van der Waals surface area contributed by atoms with Crippen LogP contribution >= 0.6 is 0 Å². The summed E-state index contributed by atoms with van der Waals surface area (Å²) in [6.07, 6.45) is 0.903. The third-order valence-electron chi connectivity index (χ3n) is 3.65. The fourth-order valence-electron chi connectivity index (χ4n) is 2.47. The van der Waals surface area contributed by atoms with Gasteiger partial charge in [-0.2, -0.15) is 4.98 Å². The maximum atomic E-state index is 11.1. The van der Waals surface area contributed by atoms with Gasteiger partial charge in [0.1, 0.15) is 0 Å². The first kappa shape index (κ1) is 13.6. The van der Waals surface area contributed by atoms with Crippen molar-refractivity contribution < 1.29 is 14.4 Å². The number of fused-ring (bicyclic) bond motifs is 1. The molecule has 21 heavy (non-hydrogen) atoms. The molecule has 0 saturated carbocycles. The predicted molar refractivity (Wildman–Crippen MR) is 76.5 cm³/mol. The van der Waals surface area contributed by atoms with Gasteiger partial charge in [0.05, 0.1) is 12.1 Å². The van der Waals surface area contributed by atoms with Crippen LogP contribution in [0.5, 0.6) is 0 Å². The number of aromatic carboxylic acids is 1. The molecule has 0 amide bonds. The van der Waals surface area contributed by atoms with Crippen molar-refractivity contribution in [1.29, 1.82) is 0 Å². The maximum Gasteiger partial charge on any atom is 0.335 e. The van der Waals surface area contributed by atoms with E-state index in [4.69, 9.17) is 9.63 Å². The van der Waals surface area contributed by atoms with Crippen molar-refractivity contribution >= 4 is 11.7 Å². The zero-order chi connectivity index (χ0) is 15.0. The molecule has 0 radical (unpaired) electrons. The Balaban J connectivity index is 1.83. The van der Waals surface area contributed by atoms with Crippen LogP contribution in [-0.2, 0) is 13.0 Å². The Morgan fingerprint density at radius 2 is 2.29 bits per heavy atom. The first-order valence-corrected chi connectivity index (χ1v) is 6.98. The van der Waals surface area contributed by atoms with Crippen molar-refractivity contribution in [2.24, 2.45) is 0 Å². The first-order chi connectivity index (χ1) is 10.0. The van der Waals surface area contributed by atoms with Crippen LogP contribution in [0.25, 0.3) is 0 Å². The molecule has 0 saturated heterocycles. The number of aromatic nitrogens is 2. The van der Waals surface area contributed by atoms with Gasteiger partial charge in [-0.1, -0.05) is 25.1 Å². The van der Waals surface area contributed by atoms with Crippen LogP contribution in [0.4, 0.5) is 5.69 Å². The van der Waals surface area contributed by atoms with Crippen molar-refractivity contribution in [2.45, 2.75) is 32.7 Å². The molecule has 3 rings (SSSR count). The average Bonchev–Trinajstić information content (AvgIpc) is 3.06. The monoisotopic (exact) mass is 287 g/mol. The zero-order valence-electron chi connectivity index (χ0n) is 12.0. The summed E-state index contributed by atoms with van der Waals surface area (Å²) < 4.78 is 5.26. The lowest BCUT2D eigenvalue weighted by Crippen LogP contribution is -2.20. The molecule has 0 atom stereocenters. The van der Waals surface area contributed by atoms with Crippen molar-refractivity contribution in [3.05, 3.63) is 41.0 Å². The molecule has 1 aromatic carbocycles. The number of carboxylic acid groups (broad SMARTS) is 1. The molecule has 1 aliphatic rings. The molecule has 0 aliphatic carbocycles. The van der Waals surface area contributed by atoms with Gasteiger partial charge in [-0.25, -0.2) is 4.79 Å². The number of carboxylic acids is 1. The van der Waals surface area contributed by atoms with E-state index in [0.717, 1.165) is 24.2 Å². The molecule has 2 aromatic rings. The largest absolute Gasteiger partial charge is 0.478 e. The Bertz CT molecular complexity index is 679. The fraction of sp³-hybridized carbons (Fsp3) is 0.400. The van der Waals surface area contributed by atoms with Crippen LogP contribution in [-0.4, -0.2) is 27.8 Å². The second-order valence-electron chi connectivity index (χ2n) is 5.52. The Labute approximate surface area is 122 Å². The van der Waals surface area contributed by atoms with Crippen molar-refractivity contribution in [3.8, 4) is 0 Å². The third-order valence-corrected chi connectivity index (χ3v) is 3.65. The molecule has 0 fully saturated rings. The molecule has 6 heteroatoms. The molecular weight excluding hydrogens is 270 g/mol. The normalized spacial score (nSPS) is 13.8. The predicted octanol–water partition coefficient (Wildman–Crippen LogP) is 2.45. The molecule has 0 spiro atoms. The highest BCUT2D eigenvalue weighted by atomic mass is 16.5. The topological polar surface area (TPSA) is 79.5 Å². The Kier molecular flexibility index (Phi) is 3.37. The number of hydrogen-bond donors (Lipinski definition) is 1. The summed E-state index contributed by atoms with van der Waals surface area (Å²) in [6.45, 7) is 5.37. The number of anilines is 1. The van der Waals surface area contributed by atoms with Gasteiger partial charge in [0.2, 0.25) is 5.89 Å². The highest BCUT2D eigenvalue weighted by Crippen LogP contribution is 2.30. The van der Waals surface area contributed by atoms with Gasteiger partial charge >= 0.3 is 5.97 Å². The van der Waals surface area contributed by atoms with Gasteiger partial charge in [0.15, 0.2) is 5.82 Å². The van der Waals surface area contributed by atoms with Gasteiger partial charge in [-0.15, -0.1) is 0 Å². The lowest BCUT2D eigenvalue weighted by molar-refractivity contribution is 0.0697. The van der Waals surface area contributed by atoms with E-state index < -0.39 is 5.97 Å². The summed E-state index contributed by atoms with van der Waals surface area (Å²) in [5, 5.41) is 13.0. The average molecular weight is 287 g/mol. The second-order valence-corrected chi connectivity index (χ2v) is 5.52. The fourth-order valence-corrected chi connectivity index (χ4v) is 2.47. The second kappa shape index (κ2) is 5.20. The zero-order valence-corrected chi connectivity index (χ0v) is 12.0. The summed E-state index contributed by atoms with van der Waals surface area (Å²) in [7, 11) is 0. The van der Waals surface area contributed by atoms with Crippen LogP contribution in [0.2, 0.25) is 0 Å². The summed E-state index contributed by atoms with van der Waals surface area (Å²) in [6, 6.07) is 5.24. The third kappa shape index (κ3) is 2.61. The van der Waals surface area contributed by atoms with Crippen LogP contribution in [0.15, 0.2) is 22.7 Å². The van der Waals surface area contributed by atoms with E-state index in [1.165, 1.54) is 0 Å². The van der Waals surface area contributed by atoms with Crippen LogP contribution in [0.1, 0.15) is 47.4 Å². The molecular formula is C15H17N3O3. The maximum absolute atomic E-state index is 11.1. The van der Waals surface area contributed by atoms with E-state index in [1.807, 2.05) is 19.9 Å². The smallest absolute Gasteiger partial charge is 0.335 e. The molecule has 6 nitrogen and oxygen atoms in total. The lowest BCUT2D eigenvalue weighted by atomic mass is 10.1. The summed E-state index contributed by atoms with van der Waals surface area (Å²) >= 11 is 0. The Morgan fingerprint density at radius 1 is 1.48 bits per heavy atom. The Morgan fingerprint density at radius 3 is 2.95 bits per heavy atom. The van der Waals surface area contributed by atoms with E-state index in [-0.39, 0.29) is 5.92 Å². The van der Waals surface area contributed by atoms with Gasteiger partial charge in [0, 0.05) is 18.2 Å². The van der Waals surface area contributed by atoms with Crippen LogP contribution < -0.4 is 4.90 Å². The minimum Gasteiger partial charge on any atom is -0.478 e. The molecule has 0 unspecified atom stereocenters. The van der Waals surface area contributed by atoms with E-state index in [0.29, 0.717) is 23.8 Å². The highest BCUT2D eigenvalue weighted by Gasteiger charge is 2.23. The van der Waals surface area contributed by atoms with Gasteiger partial charge < -0.3 is 14.5 Å². The van der Waals surface area contributed by atoms with E-state index in [1.54, 1.807) is 12.1 Å². The molecule has 1 aromatic heterocycles. The van der Waals surface area contributed by atoms with Crippen molar-refractivity contribution in [1.82, 2.24) is 10.1 Å². The van der Waals surface area contributed by atoms with E-state index in [2.05, 4.69) is 15.0 Å². The number of hydrogen-bond acceptors (Lipinski definition) is 5. The minimum absolute atomic E-state index is 0.229. The summed E-state index contributed by atoms with van der Waals surface area (Å²) in [5.41, 5.74) is 2.40. The lowest BCUT2D eigenvalue weighted by Gasteiger charge is -2.17. The number of benzene rings is 1. The van der Waals surface area contributed by atoms with Gasteiger partial charge in [0.25, 0.3) is 0 Å². The van der Waals surface area contributed by atoms with Crippen LogP contribution in [0.3, 0.4) is 0 Å². The van der Waals surface area contributed by atoms with E-state index in [9.17, 15) is 4.79 Å². The standard InChI is InChI=1S/C15H17N3O3/c1-9(2)14-16-13(21-17-14)8-18-6-5-10-3-4-11(15(19)20)7-12(10)18/h3-4,7,9H,5-6,8H2,1-2H3,(H,19,20). The number of nitrogens with zero attached hydrogens (tertiary/aromatic N) is 3. The molecule has 110 valence electrons. The molecule has 0 bridgehead atoms. The van der Waals surface area contributed by atoms with Crippen LogP contribution in [0, 0.1) is 0 Å². The Hall–Kier alpha value is -2.37. The van der Waals surface area contributed by atoms with Gasteiger partial charge in [-0.3, -0.25) is 0 Å². The van der Waals surface area contributed by atoms with Crippen molar-refractivity contribution in [3.63, 3.8) is 0 Å². The molecule has 1 aliphatic heterocycles. The molecule has 2 heterocycles. The summed E-state index contributed by atoms with van der Waals surface area (Å²) in [5.74, 6) is 0.576. The number of rotatable bonds is 4. The first-order valence-electron chi connectivity index (χ1n) is 6.98. The minimum atomic E-state index is -0.912. The van der Waals surface area contributed by atoms with E-state index >= 15 is 0 Å². The highest BCUT2D eigenvalue weighted by molar-refractivity contribution is 5.89. The van der Waals surface area contributed by atoms with Gasteiger partial charge in [-0.05, 0) is 24.1 Å². The van der Waals surface area contributed by atoms with Crippen molar-refractivity contribution in [2.75, 3.05) is 11.4 Å². The quantitative estimate of drug-likeness (QED) is 0.930. The molecule has 1 N–H and O–H groups in total. The summed E-state index contributed by atoms with van der Waals surface area (Å²) in [4.78, 5) is 17.5. The SMILES string of the molecule is CC(C)c1noc(CN2CCc3ccc(C(=O)O)cc32)n1. The number of carbonyl (C=O) groups is 1.